The zero-order valence-electron chi connectivity index (χ0n) is 14.7. The maximum Gasteiger partial charge on any atom is 0.335 e. The smallest absolute Gasteiger partial charge is 0.335 e. The highest BCUT2D eigenvalue weighted by Crippen LogP contribution is 2.55. The van der Waals surface area contributed by atoms with Gasteiger partial charge in [0, 0.05) is 11.5 Å². The van der Waals surface area contributed by atoms with Gasteiger partial charge < -0.3 is 9.52 Å². The lowest BCUT2D eigenvalue weighted by Crippen LogP contribution is -2.15. The highest BCUT2D eigenvalue weighted by Gasteiger charge is 2.43. The van der Waals surface area contributed by atoms with E-state index in [1.165, 1.54) is 17.7 Å². The summed E-state index contributed by atoms with van der Waals surface area (Å²) in [5.41, 5.74) is 2.37. The normalized spacial score (nSPS) is 19.0. The van der Waals surface area contributed by atoms with Gasteiger partial charge in [-0.3, -0.25) is 4.79 Å². The predicted molar refractivity (Wildman–Crippen MR) is 100 cm³/mol. The Hall–Kier alpha value is -2.88. The van der Waals surface area contributed by atoms with Crippen LogP contribution >= 0.6 is 0 Å². The molecule has 1 saturated carbocycles. The molecule has 1 fully saturated rings. The summed E-state index contributed by atoms with van der Waals surface area (Å²) in [5, 5.41) is 9.54. The molecule has 0 aliphatic heterocycles. The van der Waals surface area contributed by atoms with Gasteiger partial charge in [0.05, 0.1) is 10.9 Å². The van der Waals surface area contributed by atoms with Crippen molar-refractivity contribution in [1.82, 2.24) is 0 Å². The third-order valence-electron chi connectivity index (χ3n) is 5.13. The van der Waals surface area contributed by atoms with E-state index >= 15 is 0 Å². The van der Waals surface area contributed by atoms with E-state index in [-0.39, 0.29) is 22.8 Å². The zero-order chi connectivity index (χ0) is 18.4. The number of fused-ring (bicyclic) bond motifs is 1. The van der Waals surface area contributed by atoms with Crippen molar-refractivity contribution in [3.8, 4) is 0 Å². The second-order valence-corrected chi connectivity index (χ2v) is 7.24. The molecule has 0 radical (unpaired) electrons. The van der Waals surface area contributed by atoms with Crippen LogP contribution in [0.25, 0.3) is 11.0 Å². The van der Waals surface area contributed by atoms with E-state index in [4.69, 9.17) is 4.42 Å². The Balaban J connectivity index is 1.85. The van der Waals surface area contributed by atoms with Crippen LogP contribution in [-0.2, 0) is 0 Å². The molecule has 0 unspecified atom stereocenters. The van der Waals surface area contributed by atoms with Crippen molar-refractivity contribution >= 4 is 16.9 Å². The second kappa shape index (κ2) is 6.13. The molecule has 4 rings (SSSR count). The number of carboxylic acid groups (broad SMARTS) is 1. The maximum absolute atomic E-state index is 13.1. The highest BCUT2D eigenvalue weighted by molar-refractivity contribution is 5.92. The average molecular weight is 348 g/mol. The first-order valence-electron chi connectivity index (χ1n) is 8.86. The van der Waals surface area contributed by atoms with Crippen LogP contribution in [0.4, 0.5) is 0 Å². The van der Waals surface area contributed by atoms with E-state index in [1.807, 2.05) is 32.0 Å². The molecule has 0 saturated heterocycles. The van der Waals surface area contributed by atoms with Crippen LogP contribution in [0.1, 0.15) is 65.3 Å². The van der Waals surface area contributed by atoms with Crippen LogP contribution in [0.3, 0.4) is 0 Å². The SMILES string of the molecule is CC(C)c1c([C@@H]2C[C@H]2c2ccccc2)oc2ccc(C(=O)O)cc2c1=O. The van der Waals surface area contributed by atoms with E-state index in [9.17, 15) is 14.7 Å². The Morgan fingerprint density at radius 3 is 2.50 bits per heavy atom. The van der Waals surface area contributed by atoms with Crippen LogP contribution in [0, 0.1) is 0 Å². The van der Waals surface area contributed by atoms with Crippen LogP contribution in [0.5, 0.6) is 0 Å². The van der Waals surface area contributed by atoms with E-state index in [2.05, 4.69) is 12.1 Å². The van der Waals surface area contributed by atoms with Gasteiger partial charge in [0.1, 0.15) is 11.3 Å². The topological polar surface area (TPSA) is 67.5 Å². The molecule has 26 heavy (non-hydrogen) atoms. The summed E-state index contributed by atoms with van der Waals surface area (Å²) in [7, 11) is 0. The minimum absolute atomic E-state index is 0.0103. The third kappa shape index (κ3) is 2.71. The molecule has 1 heterocycles. The first kappa shape index (κ1) is 16.6. The number of hydrogen-bond acceptors (Lipinski definition) is 3. The van der Waals surface area contributed by atoms with Gasteiger partial charge in [0.25, 0.3) is 0 Å². The van der Waals surface area contributed by atoms with Gasteiger partial charge in [-0.15, -0.1) is 0 Å². The molecule has 4 nitrogen and oxygen atoms in total. The van der Waals surface area contributed by atoms with Crippen molar-refractivity contribution in [1.29, 1.82) is 0 Å². The van der Waals surface area contributed by atoms with E-state index in [1.54, 1.807) is 6.07 Å². The molecule has 1 N–H and O–H groups in total. The predicted octanol–water partition coefficient (Wildman–Crippen LogP) is 4.89. The summed E-state index contributed by atoms with van der Waals surface area (Å²) in [4.78, 5) is 24.3. The zero-order valence-corrected chi connectivity index (χ0v) is 14.7. The fourth-order valence-electron chi connectivity index (χ4n) is 3.74. The third-order valence-corrected chi connectivity index (χ3v) is 5.13. The largest absolute Gasteiger partial charge is 0.478 e. The van der Waals surface area contributed by atoms with Crippen LogP contribution in [0.2, 0.25) is 0 Å². The van der Waals surface area contributed by atoms with Crippen molar-refractivity contribution in [2.75, 3.05) is 0 Å². The summed E-state index contributed by atoms with van der Waals surface area (Å²) < 4.78 is 6.15. The van der Waals surface area contributed by atoms with Crippen molar-refractivity contribution in [3.05, 3.63) is 81.2 Å². The molecule has 3 aromatic rings. The molecule has 2 aromatic carbocycles. The van der Waals surface area contributed by atoms with Crippen LogP contribution in [-0.4, -0.2) is 11.1 Å². The Bertz CT molecular complexity index is 1050. The van der Waals surface area contributed by atoms with Gasteiger partial charge in [0.2, 0.25) is 0 Å². The summed E-state index contributed by atoms with van der Waals surface area (Å²) in [6.07, 6.45) is 0.964. The maximum atomic E-state index is 13.1. The second-order valence-electron chi connectivity index (χ2n) is 7.24. The molecule has 132 valence electrons. The van der Waals surface area contributed by atoms with Gasteiger partial charge in [-0.2, -0.15) is 0 Å². The Kier molecular flexibility index (Phi) is 3.91. The van der Waals surface area contributed by atoms with Gasteiger partial charge in [-0.25, -0.2) is 4.79 Å². The van der Waals surface area contributed by atoms with Gasteiger partial charge in [0.15, 0.2) is 5.43 Å². The average Bonchev–Trinajstić information content (AvgIpc) is 3.42. The molecule has 2 atom stereocenters. The number of carboxylic acids is 1. The molecule has 0 bridgehead atoms. The quantitative estimate of drug-likeness (QED) is 0.729. The standard InChI is InChI=1S/C22H20O4/c1-12(2)19-20(23)17-10-14(22(24)25)8-9-18(17)26-21(19)16-11-15(16)13-6-4-3-5-7-13/h3-10,12,15-16H,11H2,1-2H3,(H,24,25)/t15-,16+/m0/s1. The fraction of sp³-hybridized carbons (Fsp3) is 0.273. The van der Waals surface area contributed by atoms with Crippen molar-refractivity contribution in [2.45, 2.75) is 38.0 Å². The monoisotopic (exact) mass is 348 g/mol. The van der Waals surface area contributed by atoms with Crippen molar-refractivity contribution in [3.63, 3.8) is 0 Å². The summed E-state index contributed by atoms with van der Waals surface area (Å²) in [5.74, 6) is 0.289. The van der Waals surface area contributed by atoms with E-state index < -0.39 is 5.97 Å². The number of aromatic carboxylic acids is 1. The molecule has 1 aliphatic rings. The van der Waals surface area contributed by atoms with E-state index in [0.29, 0.717) is 22.5 Å². The first-order chi connectivity index (χ1) is 12.5. The lowest BCUT2D eigenvalue weighted by molar-refractivity contribution is 0.0697. The van der Waals surface area contributed by atoms with Crippen molar-refractivity contribution < 1.29 is 14.3 Å². The molecule has 4 heteroatoms. The molecule has 1 aliphatic carbocycles. The Labute approximate surface area is 151 Å². The fourth-order valence-corrected chi connectivity index (χ4v) is 3.74. The summed E-state index contributed by atoms with van der Waals surface area (Å²) in [6, 6.07) is 14.8. The Morgan fingerprint density at radius 1 is 1.12 bits per heavy atom. The number of hydrogen-bond donors (Lipinski definition) is 1. The van der Waals surface area contributed by atoms with Gasteiger partial charge in [-0.1, -0.05) is 44.2 Å². The van der Waals surface area contributed by atoms with Gasteiger partial charge in [-0.05, 0) is 42.0 Å². The summed E-state index contributed by atoms with van der Waals surface area (Å²) >= 11 is 0. The number of benzene rings is 2. The molecular weight excluding hydrogens is 328 g/mol. The minimum atomic E-state index is -1.05. The Morgan fingerprint density at radius 2 is 1.85 bits per heavy atom. The molecule has 1 aromatic heterocycles. The molecule has 0 amide bonds. The van der Waals surface area contributed by atoms with Gasteiger partial charge >= 0.3 is 5.97 Å². The summed E-state index contributed by atoms with van der Waals surface area (Å²) in [6.45, 7) is 3.95. The van der Waals surface area contributed by atoms with Crippen molar-refractivity contribution in [2.24, 2.45) is 0 Å². The number of rotatable bonds is 4. The lowest BCUT2D eigenvalue weighted by atomic mass is 9.96. The molecule has 0 spiro atoms. The first-order valence-corrected chi connectivity index (χ1v) is 8.86. The number of carbonyl (C=O) groups is 1. The van der Waals surface area contributed by atoms with E-state index in [0.717, 1.165) is 12.2 Å². The minimum Gasteiger partial charge on any atom is -0.478 e. The van der Waals surface area contributed by atoms with Crippen LogP contribution < -0.4 is 5.43 Å². The highest BCUT2D eigenvalue weighted by atomic mass is 16.4. The molecular formula is C22H20O4. The van der Waals surface area contributed by atoms with Crippen LogP contribution in [0.15, 0.2) is 57.7 Å². The lowest BCUT2D eigenvalue weighted by Gasteiger charge is -2.13.